The van der Waals surface area contributed by atoms with E-state index in [0.717, 1.165) is 12.8 Å². The summed E-state index contributed by atoms with van der Waals surface area (Å²) in [4.78, 5) is 24.2. The van der Waals surface area contributed by atoms with Gasteiger partial charge in [-0.1, -0.05) is 13.3 Å². The van der Waals surface area contributed by atoms with Crippen LogP contribution in [0.4, 0.5) is 0 Å². The minimum Gasteiger partial charge on any atom is -0.504 e. The Morgan fingerprint density at radius 1 is 1.38 bits per heavy atom. The molecule has 0 amide bonds. The number of hydrogen-bond donors (Lipinski definition) is 1. The Hall–Kier alpha value is -2.30. The standard InChI is InChI=1S/C16H18O5/c1-4-5-6-11(17)15-9(2)10-7-14(20-3)12(18)8-13(10)21-16(15)19/h7-8,18H,4-6H2,1-3H3. The van der Waals surface area contributed by atoms with Gasteiger partial charge in [0.1, 0.15) is 11.1 Å². The van der Waals surface area contributed by atoms with Gasteiger partial charge in [0.15, 0.2) is 17.3 Å². The number of phenols is 1. The van der Waals surface area contributed by atoms with Crippen molar-refractivity contribution in [2.75, 3.05) is 7.11 Å². The lowest BCUT2D eigenvalue weighted by Gasteiger charge is -2.09. The van der Waals surface area contributed by atoms with Crippen LogP contribution < -0.4 is 10.4 Å². The molecule has 0 fully saturated rings. The molecule has 21 heavy (non-hydrogen) atoms. The first kappa shape index (κ1) is 15.1. The Morgan fingerprint density at radius 3 is 2.71 bits per heavy atom. The highest BCUT2D eigenvalue weighted by molar-refractivity contribution is 6.01. The number of rotatable bonds is 5. The Kier molecular flexibility index (Phi) is 4.31. The maximum Gasteiger partial charge on any atom is 0.347 e. The van der Waals surface area contributed by atoms with Crippen molar-refractivity contribution >= 4 is 16.8 Å². The van der Waals surface area contributed by atoms with Crippen LogP contribution in [0.15, 0.2) is 21.3 Å². The Labute approximate surface area is 122 Å². The largest absolute Gasteiger partial charge is 0.504 e. The first-order chi connectivity index (χ1) is 9.99. The minimum absolute atomic E-state index is 0.0868. The van der Waals surface area contributed by atoms with Gasteiger partial charge in [-0.2, -0.15) is 0 Å². The van der Waals surface area contributed by atoms with Crippen molar-refractivity contribution < 1.29 is 19.1 Å². The van der Waals surface area contributed by atoms with Gasteiger partial charge in [0.2, 0.25) is 0 Å². The number of aromatic hydroxyl groups is 1. The molecule has 1 heterocycles. The average Bonchev–Trinajstić information content (AvgIpc) is 2.44. The molecule has 2 aromatic rings. The van der Waals surface area contributed by atoms with Crippen LogP contribution in [-0.4, -0.2) is 18.0 Å². The predicted octanol–water partition coefficient (Wildman–Crippen LogP) is 3.19. The third kappa shape index (κ3) is 2.77. The second kappa shape index (κ2) is 5.99. The van der Waals surface area contributed by atoms with E-state index < -0.39 is 5.63 Å². The summed E-state index contributed by atoms with van der Waals surface area (Å²) in [7, 11) is 1.43. The van der Waals surface area contributed by atoms with E-state index >= 15 is 0 Å². The van der Waals surface area contributed by atoms with Crippen LogP contribution in [0, 0.1) is 6.92 Å². The van der Waals surface area contributed by atoms with Crippen LogP contribution >= 0.6 is 0 Å². The fourth-order valence-corrected chi connectivity index (χ4v) is 2.31. The van der Waals surface area contributed by atoms with Crippen LogP contribution in [0.1, 0.15) is 42.1 Å². The zero-order chi connectivity index (χ0) is 15.6. The lowest BCUT2D eigenvalue weighted by molar-refractivity contribution is 0.0975. The van der Waals surface area contributed by atoms with E-state index in [1.807, 2.05) is 6.92 Å². The van der Waals surface area contributed by atoms with Gasteiger partial charge in [-0.15, -0.1) is 0 Å². The van der Waals surface area contributed by atoms with Gasteiger partial charge in [0.05, 0.1) is 7.11 Å². The number of methoxy groups -OCH3 is 1. The number of unbranched alkanes of at least 4 members (excludes halogenated alkanes) is 1. The van der Waals surface area contributed by atoms with Crippen LogP contribution in [0.5, 0.6) is 11.5 Å². The number of fused-ring (bicyclic) bond motifs is 1. The summed E-state index contributed by atoms with van der Waals surface area (Å²) in [5.74, 6) is -0.0546. The summed E-state index contributed by atoms with van der Waals surface area (Å²) in [6.07, 6.45) is 1.93. The van der Waals surface area contributed by atoms with E-state index in [4.69, 9.17) is 9.15 Å². The summed E-state index contributed by atoms with van der Waals surface area (Å²) in [5, 5.41) is 10.3. The number of ketones is 1. The van der Waals surface area contributed by atoms with E-state index in [1.165, 1.54) is 13.2 Å². The number of Topliss-reactive ketones (excluding diaryl/α,β-unsaturated/α-hetero) is 1. The number of benzene rings is 1. The lowest BCUT2D eigenvalue weighted by Crippen LogP contribution is -2.16. The van der Waals surface area contributed by atoms with Crippen molar-refractivity contribution in [1.82, 2.24) is 0 Å². The summed E-state index contributed by atoms with van der Waals surface area (Å²) < 4.78 is 10.2. The molecule has 2 rings (SSSR count). The van der Waals surface area contributed by atoms with Crippen LogP contribution in [0.2, 0.25) is 0 Å². The molecule has 0 atom stereocenters. The zero-order valence-corrected chi connectivity index (χ0v) is 12.4. The molecular weight excluding hydrogens is 272 g/mol. The van der Waals surface area contributed by atoms with E-state index in [0.29, 0.717) is 17.4 Å². The van der Waals surface area contributed by atoms with Gasteiger partial charge in [-0.05, 0) is 25.0 Å². The topological polar surface area (TPSA) is 76.7 Å². The van der Waals surface area contributed by atoms with E-state index in [1.54, 1.807) is 13.0 Å². The quantitative estimate of drug-likeness (QED) is 0.676. The number of aryl methyl sites for hydroxylation is 1. The second-order valence-electron chi connectivity index (χ2n) is 4.94. The van der Waals surface area contributed by atoms with Crippen molar-refractivity contribution in [3.63, 3.8) is 0 Å². The third-order valence-corrected chi connectivity index (χ3v) is 3.50. The van der Waals surface area contributed by atoms with E-state index in [9.17, 15) is 14.7 Å². The van der Waals surface area contributed by atoms with Gasteiger partial charge in [0, 0.05) is 17.9 Å². The Morgan fingerprint density at radius 2 is 2.10 bits per heavy atom. The van der Waals surface area contributed by atoms with Crippen molar-refractivity contribution in [3.05, 3.63) is 33.7 Å². The zero-order valence-electron chi connectivity index (χ0n) is 12.4. The normalized spacial score (nSPS) is 10.8. The summed E-state index contributed by atoms with van der Waals surface area (Å²) >= 11 is 0. The third-order valence-electron chi connectivity index (χ3n) is 3.50. The maximum atomic E-state index is 12.2. The molecule has 5 nitrogen and oxygen atoms in total. The Bertz CT molecular complexity index is 742. The van der Waals surface area contributed by atoms with Gasteiger partial charge in [-0.25, -0.2) is 4.79 Å². The van der Waals surface area contributed by atoms with Crippen molar-refractivity contribution in [2.45, 2.75) is 33.1 Å². The maximum absolute atomic E-state index is 12.2. The summed E-state index contributed by atoms with van der Waals surface area (Å²) in [5.41, 5.74) is 0.220. The van der Waals surface area contributed by atoms with Crippen molar-refractivity contribution in [2.24, 2.45) is 0 Å². The predicted molar refractivity (Wildman–Crippen MR) is 79.3 cm³/mol. The average molecular weight is 290 g/mol. The molecule has 0 spiro atoms. The SMILES string of the molecule is CCCCC(=O)c1c(C)c2cc(OC)c(O)cc2oc1=O. The first-order valence-electron chi connectivity index (χ1n) is 6.87. The molecule has 0 saturated carbocycles. The molecule has 0 aliphatic carbocycles. The fourth-order valence-electron chi connectivity index (χ4n) is 2.31. The molecule has 1 N–H and O–H groups in total. The molecule has 5 heteroatoms. The van der Waals surface area contributed by atoms with Crippen LogP contribution in [0.3, 0.4) is 0 Å². The van der Waals surface area contributed by atoms with Gasteiger partial charge < -0.3 is 14.3 Å². The van der Waals surface area contributed by atoms with Crippen molar-refractivity contribution in [1.29, 1.82) is 0 Å². The molecule has 0 aliphatic rings. The molecule has 112 valence electrons. The highest BCUT2D eigenvalue weighted by atomic mass is 16.5. The molecule has 0 unspecified atom stereocenters. The lowest BCUT2D eigenvalue weighted by atomic mass is 9.99. The fraction of sp³-hybridized carbons (Fsp3) is 0.375. The molecule has 1 aromatic carbocycles. The Balaban J connectivity index is 2.65. The minimum atomic E-state index is -0.661. The number of carbonyl (C=O) groups excluding carboxylic acids is 1. The number of ether oxygens (including phenoxy) is 1. The number of carbonyl (C=O) groups is 1. The smallest absolute Gasteiger partial charge is 0.347 e. The number of phenolic OH excluding ortho intramolecular Hbond substituents is 1. The van der Waals surface area contributed by atoms with Crippen LogP contribution in [-0.2, 0) is 0 Å². The van der Waals surface area contributed by atoms with E-state index in [-0.39, 0.29) is 28.4 Å². The van der Waals surface area contributed by atoms with Crippen LogP contribution in [0.25, 0.3) is 11.0 Å². The highest BCUT2D eigenvalue weighted by Gasteiger charge is 2.19. The number of hydrogen-bond acceptors (Lipinski definition) is 5. The molecule has 0 radical (unpaired) electrons. The molecule has 0 bridgehead atoms. The van der Waals surface area contributed by atoms with Crippen molar-refractivity contribution in [3.8, 4) is 11.5 Å². The van der Waals surface area contributed by atoms with Gasteiger partial charge in [-0.3, -0.25) is 4.79 Å². The van der Waals surface area contributed by atoms with Gasteiger partial charge >= 0.3 is 5.63 Å². The highest BCUT2D eigenvalue weighted by Crippen LogP contribution is 2.32. The molecule has 0 aliphatic heterocycles. The summed E-state index contributed by atoms with van der Waals surface area (Å²) in [6.45, 7) is 3.69. The summed E-state index contributed by atoms with van der Waals surface area (Å²) in [6, 6.07) is 2.89. The van der Waals surface area contributed by atoms with Gasteiger partial charge in [0.25, 0.3) is 0 Å². The molecule has 1 aromatic heterocycles. The molecular formula is C16H18O5. The first-order valence-corrected chi connectivity index (χ1v) is 6.87. The van der Waals surface area contributed by atoms with E-state index in [2.05, 4.69) is 0 Å². The monoisotopic (exact) mass is 290 g/mol. The molecule has 0 saturated heterocycles. The second-order valence-corrected chi connectivity index (χ2v) is 4.94.